The van der Waals surface area contributed by atoms with Crippen LogP contribution in [0, 0.1) is 0 Å². The van der Waals surface area contributed by atoms with E-state index in [2.05, 4.69) is 15.9 Å². The van der Waals surface area contributed by atoms with E-state index in [0.717, 1.165) is 15.8 Å². The molecule has 5 heteroatoms. The molecule has 3 N–H and O–H groups in total. The summed E-state index contributed by atoms with van der Waals surface area (Å²) in [7, 11) is 1.62. The molecule has 0 aliphatic rings. The molecule has 0 aliphatic heterocycles. The van der Waals surface area contributed by atoms with E-state index in [1.165, 1.54) is 0 Å². The van der Waals surface area contributed by atoms with E-state index in [4.69, 9.17) is 15.2 Å². The van der Waals surface area contributed by atoms with E-state index in [-0.39, 0.29) is 13.2 Å². The smallest absolute Gasteiger partial charge is 0.119 e. The first-order valence-corrected chi connectivity index (χ1v) is 5.75. The van der Waals surface area contributed by atoms with Crippen LogP contribution >= 0.6 is 15.9 Å². The van der Waals surface area contributed by atoms with Gasteiger partial charge < -0.3 is 20.3 Å². The third-order valence-corrected chi connectivity index (χ3v) is 2.87. The highest BCUT2D eigenvalue weighted by Gasteiger charge is 2.05. The average molecular weight is 290 g/mol. The third-order valence-electron chi connectivity index (χ3n) is 2.09. The average Bonchev–Trinajstić information content (AvgIpc) is 2.31. The molecule has 0 saturated carbocycles. The van der Waals surface area contributed by atoms with E-state index in [1.807, 2.05) is 18.2 Å². The Kier molecular flexibility index (Phi) is 5.76. The zero-order valence-electron chi connectivity index (χ0n) is 9.15. The fourth-order valence-corrected chi connectivity index (χ4v) is 1.52. The van der Waals surface area contributed by atoms with Crippen molar-refractivity contribution < 1.29 is 14.6 Å². The van der Waals surface area contributed by atoms with Crippen LogP contribution in [-0.2, 0) is 11.3 Å². The summed E-state index contributed by atoms with van der Waals surface area (Å²) in [4.78, 5) is 0. The van der Waals surface area contributed by atoms with Gasteiger partial charge in [0.05, 0.1) is 26.4 Å². The number of nitrogens with two attached hydrogens (primary N) is 1. The van der Waals surface area contributed by atoms with Gasteiger partial charge in [0.25, 0.3) is 0 Å². The summed E-state index contributed by atoms with van der Waals surface area (Å²) in [6.07, 6.45) is -0.607. The summed E-state index contributed by atoms with van der Waals surface area (Å²) in [5.41, 5.74) is 6.24. The largest absolute Gasteiger partial charge is 0.497 e. The SMILES string of the molecule is COc1ccc(Br)c(COCC(O)CN)c1. The number of ether oxygens (including phenoxy) is 2. The van der Waals surface area contributed by atoms with E-state index in [0.29, 0.717) is 6.61 Å². The predicted octanol–water partition coefficient (Wildman–Crippen LogP) is 1.29. The Hall–Kier alpha value is -0.620. The zero-order valence-corrected chi connectivity index (χ0v) is 10.7. The number of halogens is 1. The van der Waals surface area contributed by atoms with E-state index in [9.17, 15) is 5.11 Å². The first kappa shape index (κ1) is 13.4. The van der Waals surface area contributed by atoms with Crippen molar-refractivity contribution in [2.24, 2.45) is 5.73 Å². The standard InChI is InChI=1S/C11H16BrNO3/c1-15-10-2-3-11(12)8(4-10)6-16-7-9(14)5-13/h2-4,9,14H,5-7,13H2,1H3. The number of aliphatic hydroxyl groups excluding tert-OH is 1. The van der Waals surface area contributed by atoms with Crippen LogP contribution in [0.25, 0.3) is 0 Å². The Bertz CT molecular complexity index is 333. The molecule has 4 nitrogen and oxygen atoms in total. The van der Waals surface area contributed by atoms with Gasteiger partial charge in [-0.15, -0.1) is 0 Å². The maximum Gasteiger partial charge on any atom is 0.119 e. The first-order valence-electron chi connectivity index (χ1n) is 4.95. The van der Waals surface area contributed by atoms with Gasteiger partial charge in [0.1, 0.15) is 5.75 Å². The highest BCUT2D eigenvalue weighted by Crippen LogP contribution is 2.23. The summed E-state index contributed by atoms with van der Waals surface area (Å²) in [6, 6.07) is 5.65. The lowest BCUT2D eigenvalue weighted by atomic mass is 10.2. The molecular formula is C11H16BrNO3. The molecule has 0 fully saturated rings. The molecule has 0 radical (unpaired) electrons. The van der Waals surface area contributed by atoms with Crippen molar-refractivity contribution in [1.82, 2.24) is 0 Å². The van der Waals surface area contributed by atoms with Gasteiger partial charge in [-0.05, 0) is 23.8 Å². The Balaban J connectivity index is 2.52. The van der Waals surface area contributed by atoms with Crippen LogP contribution in [0.5, 0.6) is 5.75 Å². The van der Waals surface area contributed by atoms with Gasteiger partial charge in [0.2, 0.25) is 0 Å². The van der Waals surface area contributed by atoms with Crippen molar-refractivity contribution in [3.63, 3.8) is 0 Å². The van der Waals surface area contributed by atoms with Crippen molar-refractivity contribution in [1.29, 1.82) is 0 Å². The lowest BCUT2D eigenvalue weighted by molar-refractivity contribution is 0.0326. The maximum absolute atomic E-state index is 9.22. The van der Waals surface area contributed by atoms with Crippen molar-refractivity contribution >= 4 is 15.9 Å². The molecule has 0 amide bonds. The molecule has 1 aromatic carbocycles. The van der Waals surface area contributed by atoms with E-state index in [1.54, 1.807) is 7.11 Å². The summed E-state index contributed by atoms with van der Waals surface area (Å²) in [6.45, 7) is 0.855. The van der Waals surface area contributed by atoms with Crippen LogP contribution in [0.3, 0.4) is 0 Å². The number of aliphatic hydroxyl groups is 1. The van der Waals surface area contributed by atoms with Crippen molar-refractivity contribution in [3.8, 4) is 5.75 Å². The molecule has 1 unspecified atom stereocenters. The monoisotopic (exact) mass is 289 g/mol. The van der Waals surface area contributed by atoms with Gasteiger partial charge in [-0.2, -0.15) is 0 Å². The highest BCUT2D eigenvalue weighted by molar-refractivity contribution is 9.10. The van der Waals surface area contributed by atoms with Crippen LogP contribution in [0.15, 0.2) is 22.7 Å². The Labute approximate surface area is 103 Å². The summed E-state index contributed by atoms with van der Waals surface area (Å²) in [5.74, 6) is 0.779. The minimum Gasteiger partial charge on any atom is -0.497 e. The molecule has 16 heavy (non-hydrogen) atoms. The minimum absolute atomic E-state index is 0.208. The molecule has 90 valence electrons. The van der Waals surface area contributed by atoms with E-state index < -0.39 is 6.10 Å². The molecule has 0 aliphatic carbocycles. The van der Waals surface area contributed by atoms with Crippen LogP contribution in [0.2, 0.25) is 0 Å². The van der Waals surface area contributed by atoms with Gasteiger partial charge in [0.15, 0.2) is 0 Å². The van der Waals surface area contributed by atoms with Gasteiger partial charge in [0, 0.05) is 11.0 Å². The highest BCUT2D eigenvalue weighted by atomic mass is 79.9. The maximum atomic E-state index is 9.22. The van der Waals surface area contributed by atoms with Crippen LogP contribution < -0.4 is 10.5 Å². The Morgan fingerprint density at radius 2 is 2.25 bits per heavy atom. The topological polar surface area (TPSA) is 64.7 Å². The normalized spacial score (nSPS) is 12.5. The quantitative estimate of drug-likeness (QED) is 0.828. The number of rotatable bonds is 6. The fraction of sp³-hybridized carbons (Fsp3) is 0.455. The number of benzene rings is 1. The van der Waals surface area contributed by atoms with Gasteiger partial charge in [-0.3, -0.25) is 0 Å². The lowest BCUT2D eigenvalue weighted by Crippen LogP contribution is -2.25. The second kappa shape index (κ2) is 6.85. The first-order chi connectivity index (χ1) is 7.67. The van der Waals surface area contributed by atoms with Crippen molar-refractivity contribution in [2.75, 3.05) is 20.3 Å². The summed E-state index contributed by atoms with van der Waals surface area (Å²) >= 11 is 3.42. The molecule has 0 heterocycles. The molecule has 1 rings (SSSR count). The van der Waals surface area contributed by atoms with Crippen molar-refractivity contribution in [3.05, 3.63) is 28.2 Å². The van der Waals surface area contributed by atoms with Gasteiger partial charge in [-0.1, -0.05) is 15.9 Å². The molecule has 1 aromatic rings. The Morgan fingerprint density at radius 3 is 2.88 bits per heavy atom. The van der Waals surface area contributed by atoms with Gasteiger partial charge >= 0.3 is 0 Å². The van der Waals surface area contributed by atoms with Crippen LogP contribution in [-0.4, -0.2) is 31.5 Å². The van der Waals surface area contributed by atoms with Crippen LogP contribution in [0.4, 0.5) is 0 Å². The number of hydrogen-bond acceptors (Lipinski definition) is 4. The fourth-order valence-electron chi connectivity index (χ4n) is 1.16. The molecule has 0 bridgehead atoms. The number of methoxy groups -OCH3 is 1. The van der Waals surface area contributed by atoms with Crippen molar-refractivity contribution in [2.45, 2.75) is 12.7 Å². The zero-order chi connectivity index (χ0) is 12.0. The molecule has 1 atom stereocenters. The molecule has 0 spiro atoms. The second-order valence-electron chi connectivity index (χ2n) is 3.36. The summed E-state index contributed by atoms with van der Waals surface area (Å²) in [5, 5.41) is 9.22. The predicted molar refractivity (Wildman–Crippen MR) is 65.4 cm³/mol. The number of hydrogen-bond donors (Lipinski definition) is 2. The van der Waals surface area contributed by atoms with Gasteiger partial charge in [-0.25, -0.2) is 0 Å². The summed E-state index contributed by atoms with van der Waals surface area (Å²) < 4.78 is 11.4. The van der Waals surface area contributed by atoms with E-state index >= 15 is 0 Å². The molecule has 0 saturated heterocycles. The second-order valence-corrected chi connectivity index (χ2v) is 4.22. The molecular weight excluding hydrogens is 274 g/mol. The van der Waals surface area contributed by atoms with Crippen LogP contribution in [0.1, 0.15) is 5.56 Å². The Morgan fingerprint density at radius 1 is 1.50 bits per heavy atom. The molecule has 0 aromatic heterocycles. The lowest BCUT2D eigenvalue weighted by Gasteiger charge is -2.10. The third kappa shape index (κ3) is 4.09. The minimum atomic E-state index is -0.607.